The number of ether oxygens (including phenoxy) is 1. The number of hydrogen-bond donors (Lipinski definition) is 2. The van der Waals surface area contributed by atoms with Crippen LogP contribution in [0.4, 0.5) is 4.79 Å². The molecule has 3 rings (SSSR count). The van der Waals surface area contributed by atoms with E-state index in [-0.39, 0.29) is 12.1 Å². The lowest BCUT2D eigenvalue weighted by Crippen LogP contribution is -2.32. The number of nitrogens with one attached hydrogen (secondary N) is 1. The molecule has 2 N–H and O–H groups in total. The number of rotatable bonds is 6. The van der Waals surface area contributed by atoms with E-state index in [0.717, 1.165) is 30.9 Å². The minimum Gasteiger partial charge on any atom is -0.478 e. The van der Waals surface area contributed by atoms with Gasteiger partial charge >= 0.3 is 12.1 Å². The van der Waals surface area contributed by atoms with E-state index in [0.29, 0.717) is 0 Å². The zero-order valence-corrected chi connectivity index (χ0v) is 19.3. The van der Waals surface area contributed by atoms with Crippen molar-refractivity contribution < 1.29 is 19.4 Å². The molecule has 2 aromatic heterocycles. The molecule has 0 saturated carbocycles. The van der Waals surface area contributed by atoms with Crippen LogP contribution in [-0.2, 0) is 11.3 Å². The van der Waals surface area contributed by atoms with Crippen molar-refractivity contribution in [2.24, 2.45) is 0 Å². The number of alkyl carbamates (subject to hydrolysis) is 1. The standard InChI is InChI=1S/C22H23N3O4S2/c1-13-5-6-14(10-23-13)15-7-16(20(26)27)9-17(8-15)30-19-12-24-18(31-19)11-25-21(28)29-22(2,3)4/h5-10,12H,11H2,1-4H3,(H,25,28)(H,26,27). The van der Waals surface area contributed by atoms with Gasteiger partial charge in [0, 0.05) is 22.3 Å². The van der Waals surface area contributed by atoms with Crippen LogP contribution in [0.25, 0.3) is 11.1 Å². The molecule has 0 saturated heterocycles. The molecule has 0 aliphatic carbocycles. The molecule has 7 nitrogen and oxygen atoms in total. The van der Waals surface area contributed by atoms with E-state index in [1.807, 2.05) is 25.1 Å². The first-order valence-electron chi connectivity index (χ1n) is 9.50. The highest BCUT2D eigenvalue weighted by Gasteiger charge is 2.16. The largest absolute Gasteiger partial charge is 0.478 e. The fourth-order valence-electron chi connectivity index (χ4n) is 2.59. The zero-order valence-electron chi connectivity index (χ0n) is 17.6. The van der Waals surface area contributed by atoms with E-state index in [1.54, 1.807) is 45.3 Å². The van der Waals surface area contributed by atoms with Crippen molar-refractivity contribution in [2.75, 3.05) is 0 Å². The Morgan fingerprint density at radius 3 is 2.55 bits per heavy atom. The van der Waals surface area contributed by atoms with Crippen LogP contribution < -0.4 is 5.32 Å². The number of pyridine rings is 1. The van der Waals surface area contributed by atoms with Crippen LogP contribution in [0.5, 0.6) is 0 Å². The van der Waals surface area contributed by atoms with E-state index < -0.39 is 17.7 Å². The Kier molecular flexibility index (Phi) is 6.97. The van der Waals surface area contributed by atoms with Gasteiger partial charge in [0.05, 0.1) is 22.5 Å². The Bertz CT molecular complexity index is 1090. The zero-order chi connectivity index (χ0) is 22.6. The summed E-state index contributed by atoms with van der Waals surface area (Å²) in [5.41, 5.74) is 2.17. The summed E-state index contributed by atoms with van der Waals surface area (Å²) in [4.78, 5) is 32.8. The Morgan fingerprint density at radius 1 is 1.13 bits per heavy atom. The van der Waals surface area contributed by atoms with Gasteiger partial charge in [-0.05, 0) is 57.5 Å². The van der Waals surface area contributed by atoms with Crippen molar-refractivity contribution >= 4 is 35.2 Å². The molecule has 0 bridgehead atoms. The van der Waals surface area contributed by atoms with Crippen LogP contribution in [0.2, 0.25) is 0 Å². The highest BCUT2D eigenvalue weighted by Crippen LogP contribution is 2.35. The van der Waals surface area contributed by atoms with Crippen molar-refractivity contribution in [3.05, 3.63) is 59.0 Å². The number of carbonyl (C=O) groups is 2. The Morgan fingerprint density at radius 2 is 1.90 bits per heavy atom. The normalized spacial score (nSPS) is 11.2. The topological polar surface area (TPSA) is 101 Å². The minimum absolute atomic E-state index is 0.205. The van der Waals surface area contributed by atoms with Gasteiger partial charge in [-0.1, -0.05) is 17.8 Å². The van der Waals surface area contributed by atoms with E-state index in [4.69, 9.17) is 4.74 Å². The minimum atomic E-state index is -0.990. The third kappa shape index (κ3) is 6.80. The summed E-state index contributed by atoms with van der Waals surface area (Å²) >= 11 is 2.85. The summed E-state index contributed by atoms with van der Waals surface area (Å²) in [6, 6.07) is 9.02. The molecule has 0 radical (unpaired) electrons. The lowest BCUT2D eigenvalue weighted by molar-refractivity contribution is 0.0523. The van der Waals surface area contributed by atoms with Crippen LogP contribution in [0.15, 0.2) is 51.8 Å². The van der Waals surface area contributed by atoms with Crippen molar-refractivity contribution in [1.29, 1.82) is 0 Å². The maximum Gasteiger partial charge on any atom is 0.408 e. The summed E-state index contributed by atoms with van der Waals surface area (Å²) in [5, 5.41) is 12.9. The molecule has 1 amide bonds. The van der Waals surface area contributed by atoms with E-state index in [1.165, 1.54) is 23.1 Å². The average molecular weight is 458 g/mol. The number of benzene rings is 1. The molecule has 0 atom stereocenters. The van der Waals surface area contributed by atoms with Crippen LogP contribution >= 0.6 is 23.1 Å². The molecule has 31 heavy (non-hydrogen) atoms. The molecule has 0 aliphatic heterocycles. The second-order valence-electron chi connectivity index (χ2n) is 7.77. The van der Waals surface area contributed by atoms with E-state index >= 15 is 0 Å². The maximum atomic E-state index is 11.8. The van der Waals surface area contributed by atoms with Crippen molar-refractivity contribution in [1.82, 2.24) is 15.3 Å². The Labute approximate surface area is 188 Å². The number of aromatic nitrogens is 2. The number of amides is 1. The van der Waals surface area contributed by atoms with Crippen molar-refractivity contribution in [3.63, 3.8) is 0 Å². The fourth-order valence-corrected chi connectivity index (χ4v) is 4.63. The van der Waals surface area contributed by atoms with Crippen molar-refractivity contribution in [2.45, 2.75) is 48.9 Å². The van der Waals surface area contributed by atoms with Gasteiger partial charge in [-0.3, -0.25) is 4.98 Å². The highest BCUT2D eigenvalue weighted by atomic mass is 32.2. The van der Waals surface area contributed by atoms with E-state index in [2.05, 4.69) is 15.3 Å². The van der Waals surface area contributed by atoms with Crippen LogP contribution in [0.1, 0.15) is 41.8 Å². The number of aryl methyl sites for hydroxylation is 1. The highest BCUT2D eigenvalue weighted by molar-refractivity contribution is 8.01. The third-order valence-electron chi connectivity index (χ3n) is 3.93. The molecule has 0 spiro atoms. The van der Waals surface area contributed by atoms with Crippen LogP contribution in [-0.4, -0.2) is 32.7 Å². The van der Waals surface area contributed by atoms with Gasteiger partial charge < -0.3 is 15.2 Å². The Balaban J connectivity index is 1.74. The first kappa shape index (κ1) is 22.8. The predicted molar refractivity (Wildman–Crippen MR) is 121 cm³/mol. The second kappa shape index (κ2) is 9.49. The molecular weight excluding hydrogens is 434 g/mol. The molecule has 0 aliphatic rings. The first-order valence-corrected chi connectivity index (χ1v) is 11.1. The van der Waals surface area contributed by atoms with Gasteiger partial charge in [0.25, 0.3) is 0 Å². The van der Waals surface area contributed by atoms with Gasteiger partial charge in [0.2, 0.25) is 0 Å². The van der Waals surface area contributed by atoms with E-state index in [9.17, 15) is 14.7 Å². The molecule has 0 fully saturated rings. The second-order valence-corrected chi connectivity index (χ2v) is 10.3. The van der Waals surface area contributed by atoms with Gasteiger partial charge in [-0.2, -0.15) is 0 Å². The van der Waals surface area contributed by atoms with Gasteiger partial charge in [0.1, 0.15) is 10.6 Å². The lowest BCUT2D eigenvalue weighted by atomic mass is 10.0. The summed E-state index contributed by atoms with van der Waals surface area (Å²) < 4.78 is 6.11. The molecule has 1 aromatic carbocycles. The molecule has 162 valence electrons. The van der Waals surface area contributed by atoms with Gasteiger partial charge in [0.15, 0.2) is 0 Å². The molecule has 0 unspecified atom stereocenters. The summed E-state index contributed by atoms with van der Waals surface area (Å²) in [5.74, 6) is -0.990. The van der Waals surface area contributed by atoms with Gasteiger partial charge in [-0.25, -0.2) is 14.6 Å². The molecule has 2 heterocycles. The monoisotopic (exact) mass is 457 g/mol. The number of carboxylic acid groups (broad SMARTS) is 1. The first-order chi connectivity index (χ1) is 14.6. The molecule has 3 aromatic rings. The van der Waals surface area contributed by atoms with Crippen LogP contribution in [0.3, 0.4) is 0 Å². The SMILES string of the molecule is Cc1ccc(-c2cc(Sc3cnc(CNC(=O)OC(C)(C)C)s3)cc(C(=O)O)c2)cn1. The van der Waals surface area contributed by atoms with Gasteiger partial charge in [-0.15, -0.1) is 11.3 Å². The Hall–Kier alpha value is -2.91. The fraction of sp³-hybridized carbons (Fsp3) is 0.273. The maximum absolute atomic E-state index is 11.8. The summed E-state index contributed by atoms with van der Waals surface area (Å²) in [7, 11) is 0. The summed E-state index contributed by atoms with van der Waals surface area (Å²) in [6.07, 6.45) is 2.95. The number of hydrogen-bond acceptors (Lipinski definition) is 7. The summed E-state index contributed by atoms with van der Waals surface area (Å²) in [6.45, 7) is 7.57. The van der Waals surface area contributed by atoms with Crippen LogP contribution in [0, 0.1) is 6.92 Å². The number of nitrogens with zero attached hydrogens (tertiary/aromatic N) is 2. The number of thiazole rings is 1. The van der Waals surface area contributed by atoms with Crippen molar-refractivity contribution in [3.8, 4) is 11.1 Å². The number of carbonyl (C=O) groups excluding carboxylic acids is 1. The third-order valence-corrected chi connectivity index (χ3v) is 6.00. The number of carboxylic acids is 1. The lowest BCUT2D eigenvalue weighted by Gasteiger charge is -2.19. The number of aromatic carboxylic acids is 1. The average Bonchev–Trinajstić information content (AvgIpc) is 3.12. The molecule has 9 heteroatoms. The predicted octanol–water partition coefficient (Wildman–Crippen LogP) is 5.39. The quantitative estimate of drug-likeness (QED) is 0.512. The molecular formula is C22H23N3O4S2. The smallest absolute Gasteiger partial charge is 0.408 e.